The molecule has 0 aliphatic rings. The molecule has 4 nitrogen and oxygen atoms in total. The number of hydrogen-bond acceptors (Lipinski definition) is 3. The second kappa shape index (κ2) is 8.53. The third-order valence-corrected chi connectivity index (χ3v) is 3.68. The maximum Gasteiger partial charge on any atom is 0.264 e. The molecule has 0 saturated carbocycles. The molecular formula is C17H13Cl2FN2O2. The molecule has 0 spiro atoms. The van der Waals surface area contributed by atoms with Crippen LogP contribution in [0.3, 0.4) is 0 Å². The molecule has 0 aliphatic heterocycles. The van der Waals surface area contributed by atoms with Crippen molar-refractivity contribution in [2.75, 3.05) is 18.1 Å². The molecule has 0 N–H and O–H groups in total. The van der Waals surface area contributed by atoms with E-state index in [4.69, 9.17) is 33.2 Å². The third-order valence-electron chi connectivity index (χ3n) is 3.13. The molecule has 124 valence electrons. The van der Waals surface area contributed by atoms with Crippen LogP contribution in [0.25, 0.3) is 0 Å². The Balaban J connectivity index is 2.11. The minimum Gasteiger partial charge on any atom is -0.482 e. The maximum absolute atomic E-state index is 13.0. The molecule has 0 fully saturated rings. The van der Waals surface area contributed by atoms with E-state index in [-0.39, 0.29) is 31.2 Å². The molecular weight excluding hydrogens is 354 g/mol. The van der Waals surface area contributed by atoms with Crippen molar-refractivity contribution in [1.29, 1.82) is 5.26 Å². The first-order valence-corrected chi connectivity index (χ1v) is 7.77. The van der Waals surface area contributed by atoms with Crippen molar-refractivity contribution in [2.24, 2.45) is 0 Å². The maximum atomic E-state index is 13.0. The Hall–Kier alpha value is -2.29. The van der Waals surface area contributed by atoms with E-state index in [1.165, 1.54) is 35.2 Å². The highest BCUT2D eigenvalue weighted by Crippen LogP contribution is 2.27. The minimum atomic E-state index is -0.409. The lowest BCUT2D eigenvalue weighted by atomic mass is 10.2. The van der Waals surface area contributed by atoms with Gasteiger partial charge < -0.3 is 9.64 Å². The molecule has 0 heterocycles. The number of carbonyl (C=O) groups is 1. The van der Waals surface area contributed by atoms with Crippen LogP contribution in [0.15, 0.2) is 42.5 Å². The first-order chi connectivity index (χ1) is 11.5. The van der Waals surface area contributed by atoms with Gasteiger partial charge in [-0.2, -0.15) is 5.26 Å². The summed E-state index contributed by atoms with van der Waals surface area (Å²) in [5.41, 5.74) is 0.484. The highest BCUT2D eigenvalue weighted by molar-refractivity contribution is 6.34. The molecule has 0 saturated heterocycles. The molecule has 0 bridgehead atoms. The molecule has 0 radical (unpaired) electrons. The Labute approximate surface area is 149 Å². The van der Waals surface area contributed by atoms with E-state index >= 15 is 0 Å². The second-order valence-electron chi connectivity index (χ2n) is 4.79. The normalized spacial score (nSPS) is 10.1. The molecule has 2 rings (SSSR count). The summed E-state index contributed by atoms with van der Waals surface area (Å²) < 4.78 is 18.5. The highest BCUT2D eigenvalue weighted by atomic mass is 35.5. The van der Waals surface area contributed by atoms with E-state index in [0.717, 1.165) is 0 Å². The molecule has 2 aromatic rings. The Morgan fingerprint density at radius 3 is 2.58 bits per heavy atom. The molecule has 0 atom stereocenters. The fourth-order valence-corrected chi connectivity index (χ4v) is 2.32. The molecule has 2 aromatic carbocycles. The number of hydrogen-bond donors (Lipinski definition) is 0. The van der Waals surface area contributed by atoms with Crippen molar-refractivity contribution in [3.05, 3.63) is 58.3 Å². The van der Waals surface area contributed by atoms with Gasteiger partial charge in [-0.15, -0.1) is 0 Å². The SMILES string of the molecule is N#CCCN(C(=O)COc1cc(Cl)ccc1Cl)c1ccc(F)cc1. The molecule has 24 heavy (non-hydrogen) atoms. The van der Waals surface area contributed by atoms with Gasteiger partial charge in [0, 0.05) is 23.3 Å². The van der Waals surface area contributed by atoms with E-state index in [0.29, 0.717) is 15.7 Å². The van der Waals surface area contributed by atoms with Gasteiger partial charge in [0.15, 0.2) is 6.61 Å². The van der Waals surface area contributed by atoms with Crippen molar-refractivity contribution < 1.29 is 13.9 Å². The van der Waals surface area contributed by atoms with Gasteiger partial charge in [-0.25, -0.2) is 4.39 Å². The van der Waals surface area contributed by atoms with Crippen molar-refractivity contribution >= 4 is 34.8 Å². The van der Waals surface area contributed by atoms with Crippen LogP contribution in [-0.2, 0) is 4.79 Å². The number of nitriles is 1. The van der Waals surface area contributed by atoms with Crippen LogP contribution >= 0.6 is 23.2 Å². The number of ether oxygens (including phenoxy) is 1. The predicted octanol–water partition coefficient (Wildman–Crippen LogP) is 4.46. The second-order valence-corrected chi connectivity index (χ2v) is 5.64. The first kappa shape index (κ1) is 18.1. The van der Waals surface area contributed by atoms with Gasteiger partial charge in [0.05, 0.1) is 17.5 Å². The average molecular weight is 367 g/mol. The van der Waals surface area contributed by atoms with Crippen LogP contribution in [-0.4, -0.2) is 19.1 Å². The molecule has 0 aromatic heterocycles. The summed E-state index contributed by atoms with van der Waals surface area (Å²) >= 11 is 11.9. The summed E-state index contributed by atoms with van der Waals surface area (Å²) in [6.07, 6.45) is 0.140. The fourth-order valence-electron chi connectivity index (χ4n) is 1.99. The summed E-state index contributed by atoms with van der Waals surface area (Å²) in [5, 5.41) is 9.51. The zero-order valence-corrected chi connectivity index (χ0v) is 14.0. The van der Waals surface area contributed by atoms with Gasteiger partial charge in [0.1, 0.15) is 11.6 Å². The number of anilines is 1. The number of benzene rings is 2. The summed E-state index contributed by atoms with van der Waals surface area (Å²) in [5.74, 6) is -0.502. The Morgan fingerprint density at radius 2 is 1.92 bits per heavy atom. The zero-order chi connectivity index (χ0) is 17.5. The Kier molecular flexibility index (Phi) is 6.42. The molecule has 0 unspecified atom stereocenters. The summed E-state index contributed by atoms with van der Waals surface area (Å²) in [6.45, 7) is -0.115. The number of rotatable bonds is 6. The first-order valence-electron chi connectivity index (χ1n) is 7.02. The average Bonchev–Trinajstić information content (AvgIpc) is 2.57. The van der Waals surface area contributed by atoms with Gasteiger partial charge in [-0.05, 0) is 36.4 Å². The monoisotopic (exact) mass is 366 g/mol. The lowest BCUT2D eigenvalue weighted by Gasteiger charge is -2.22. The van der Waals surface area contributed by atoms with Gasteiger partial charge in [0.25, 0.3) is 5.91 Å². The van der Waals surface area contributed by atoms with Crippen LogP contribution in [0.4, 0.5) is 10.1 Å². The number of nitrogens with zero attached hydrogens (tertiary/aromatic N) is 2. The van der Waals surface area contributed by atoms with Crippen LogP contribution in [0.1, 0.15) is 6.42 Å². The lowest BCUT2D eigenvalue weighted by Crippen LogP contribution is -2.35. The van der Waals surface area contributed by atoms with Crippen LogP contribution in [0.2, 0.25) is 10.0 Å². The van der Waals surface area contributed by atoms with Gasteiger partial charge in [0.2, 0.25) is 0 Å². The molecule has 1 amide bonds. The molecule has 7 heteroatoms. The predicted molar refractivity (Wildman–Crippen MR) is 90.9 cm³/mol. The number of amides is 1. The van der Waals surface area contributed by atoms with Crippen molar-refractivity contribution in [3.63, 3.8) is 0 Å². The van der Waals surface area contributed by atoms with Crippen molar-refractivity contribution in [2.45, 2.75) is 6.42 Å². The van der Waals surface area contributed by atoms with Gasteiger partial charge >= 0.3 is 0 Å². The third kappa shape index (κ3) is 4.85. The van der Waals surface area contributed by atoms with Crippen LogP contribution in [0, 0.1) is 17.1 Å². The van der Waals surface area contributed by atoms with Crippen LogP contribution < -0.4 is 9.64 Å². The van der Waals surface area contributed by atoms with E-state index in [9.17, 15) is 9.18 Å². The van der Waals surface area contributed by atoms with E-state index < -0.39 is 5.82 Å². The topological polar surface area (TPSA) is 53.3 Å². The van der Waals surface area contributed by atoms with E-state index in [1.807, 2.05) is 6.07 Å². The lowest BCUT2D eigenvalue weighted by molar-refractivity contribution is -0.120. The smallest absolute Gasteiger partial charge is 0.264 e. The minimum absolute atomic E-state index is 0.140. The summed E-state index contributed by atoms with van der Waals surface area (Å²) in [7, 11) is 0. The Bertz CT molecular complexity index is 760. The largest absolute Gasteiger partial charge is 0.482 e. The van der Waals surface area contributed by atoms with E-state index in [1.54, 1.807) is 12.1 Å². The van der Waals surface area contributed by atoms with Gasteiger partial charge in [-0.3, -0.25) is 4.79 Å². The number of carbonyl (C=O) groups excluding carboxylic acids is 1. The zero-order valence-electron chi connectivity index (χ0n) is 12.5. The van der Waals surface area contributed by atoms with E-state index in [2.05, 4.69) is 0 Å². The highest BCUT2D eigenvalue weighted by Gasteiger charge is 2.17. The standard InChI is InChI=1S/C17H13Cl2FN2O2/c18-12-2-7-15(19)16(10-12)24-11-17(23)22(9-1-8-21)14-5-3-13(20)4-6-14/h2-7,10H,1,9,11H2. The van der Waals surface area contributed by atoms with Crippen LogP contribution in [0.5, 0.6) is 5.75 Å². The Morgan fingerprint density at radius 1 is 1.21 bits per heavy atom. The fraction of sp³-hybridized carbons (Fsp3) is 0.176. The summed E-state index contributed by atoms with van der Waals surface area (Å²) in [6, 6.07) is 12.1. The quantitative estimate of drug-likeness (QED) is 0.758. The number of halogens is 3. The van der Waals surface area contributed by atoms with Crippen molar-refractivity contribution in [3.8, 4) is 11.8 Å². The van der Waals surface area contributed by atoms with Gasteiger partial charge in [-0.1, -0.05) is 23.2 Å². The summed E-state index contributed by atoms with van der Waals surface area (Å²) in [4.78, 5) is 13.8. The van der Waals surface area contributed by atoms with Crippen molar-refractivity contribution in [1.82, 2.24) is 0 Å². The molecule has 0 aliphatic carbocycles.